The third-order valence-corrected chi connectivity index (χ3v) is 5.81. The average Bonchev–Trinajstić information content (AvgIpc) is 2.99. The Balaban J connectivity index is 1.83. The number of ether oxygens (including phenoxy) is 1. The van der Waals surface area contributed by atoms with Gasteiger partial charge in [-0.2, -0.15) is 0 Å². The molecule has 0 aromatic heterocycles. The number of sulfonamides is 1. The summed E-state index contributed by atoms with van der Waals surface area (Å²) in [7, 11) is -3.71. The van der Waals surface area contributed by atoms with Gasteiger partial charge in [0.1, 0.15) is 5.75 Å². The van der Waals surface area contributed by atoms with E-state index in [0.717, 1.165) is 16.8 Å². The Morgan fingerprint density at radius 2 is 1.93 bits per heavy atom. The molecule has 3 rings (SSSR count). The van der Waals surface area contributed by atoms with E-state index in [1.807, 2.05) is 20.8 Å². The van der Waals surface area contributed by atoms with Gasteiger partial charge in [-0.25, -0.2) is 8.42 Å². The molecule has 27 heavy (non-hydrogen) atoms. The molecule has 6 nitrogen and oxygen atoms in total. The van der Waals surface area contributed by atoms with Crippen LogP contribution in [0.5, 0.6) is 5.75 Å². The first-order chi connectivity index (χ1) is 12.7. The van der Waals surface area contributed by atoms with Crippen molar-refractivity contribution in [3.05, 3.63) is 47.5 Å². The van der Waals surface area contributed by atoms with E-state index in [0.29, 0.717) is 24.4 Å². The molecule has 1 heterocycles. The van der Waals surface area contributed by atoms with Gasteiger partial charge in [0.2, 0.25) is 5.91 Å². The van der Waals surface area contributed by atoms with Crippen molar-refractivity contribution in [2.75, 3.05) is 16.2 Å². The number of benzene rings is 2. The first-order valence-corrected chi connectivity index (χ1v) is 10.4. The molecule has 0 spiro atoms. The summed E-state index contributed by atoms with van der Waals surface area (Å²) in [5.74, 6) is 0.659. The van der Waals surface area contributed by atoms with Gasteiger partial charge in [0.25, 0.3) is 10.0 Å². The van der Waals surface area contributed by atoms with E-state index in [4.69, 9.17) is 4.74 Å². The molecule has 0 radical (unpaired) electrons. The Morgan fingerprint density at radius 3 is 2.56 bits per heavy atom. The van der Waals surface area contributed by atoms with Crippen molar-refractivity contribution in [2.45, 2.75) is 45.1 Å². The number of fused-ring (bicyclic) bond motifs is 1. The lowest BCUT2D eigenvalue weighted by atomic mass is 10.1. The van der Waals surface area contributed by atoms with Gasteiger partial charge in [-0.3, -0.25) is 9.52 Å². The quantitative estimate of drug-likeness (QED) is 0.851. The summed E-state index contributed by atoms with van der Waals surface area (Å²) >= 11 is 0. The summed E-state index contributed by atoms with van der Waals surface area (Å²) in [6.07, 6.45) is 0.732. The fourth-order valence-electron chi connectivity index (χ4n) is 3.18. The van der Waals surface area contributed by atoms with Crippen molar-refractivity contribution >= 4 is 27.3 Å². The van der Waals surface area contributed by atoms with Crippen LogP contribution in [0.25, 0.3) is 0 Å². The van der Waals surface area contributed by atoms with Crippen LogP contribution < -0.4 is 14.4 Å². The highest BCUT2D eigenvalue weighted by molar-refractivity contribution is 7.92. The third-order valence-electron chi connectivity index (χ3n) is 4.43. The normalized spacial score (nSPS) is 13.6. The molecule has 0 aliphatic carbocycles. The number of rotatable bonds is 5. The van der Waals surface area contributed by atoms with Crippen molar-refractivity contribution < 1.29 is 17.9 Å². The monoisotopic (exact) mass is 388 g/mol. The summed E-state index contributed by atoms with van der Waals surface area (Å²) < 4.78 is 33.8. The van der Waals surface area contributed by atoms with Gasteiger partial charge in [-0.15, -0.1) is 0 Å². The smallest absolute Gasteiger partial charge is 0.261 e. The predicted molar refractivity (Wildman–Crippen MR) is 106 cm³/mol. The van der Waals surface area contributed by atoms with Crippen LogP contribution in [0.3, 0.4) is 0 Å². The number of aryl methyl sites for hydroxylation is 1. The summed E-state index contributed by atoms with van der Waals surface area (Å²) in [4.78, 5) is 13.5. The van der Waals surface area contributed by atoms with Gasteiger partial charge >= 0.3 is 0 Å². The minimum atomic E-state index is -3.71. The topological polar surface area (TPSA) is 75.7 Å². The van der Waals surface area contributed by atoms with Crippen LogP contribution in [-0.2, 0) is 21.2 Å². The maximum atomic E-state index is 12.7. The Hall–Kier alpha value is -2.54. The molecule has 0 fully saturated rings. The Labute approximate surface area is 160 Å². The molecule has 7 heteroatoms. The van der Waals surface area contributed by atoms with E-state index in [2.05, 4.69) is 4.72 Å². The van der Waals surface area contributed by atoms with E-state index < -0.39 is 10.0 Å². The lowest BCUT2D eigenvalue weighted by Crippen LogP contribution is -2.25. The molecule has 0 unspecified atom stereocenters. The largest absolute Gasteiger partial charge is 0.491 e. The molecule has 0 saturated carbocycles. The molecule has 0 atom stereocenters. The molecule has 144 valence electrons. The number of anilines is 2. The molecule has 2 aromatic carbocycles. The van der Waals surface area contributed by atoms with Crippen molar-refractivity contribution in [2.24, 2.45) is 0 Å². The molecular weight excluding hydrogens is 364 g/mol. The minimum Gasteiger partial charge on any atom is -0.491 e. The molecule has 0 bridgehead atoms. The lowest BCUT2D eigenvalue weighted by molar-refractivity contribution is -0.116. The highest BCUT2D eigenvalue weighted by atomic mass is 32.2. The van der Waals surface area contributed by atoms with Crippen LogP contribution in [0, 0.1) is 6.92 Å². The summed E-state index contributed by atoms with van der Waals surface area (Å²) in [6, 6.07) is 10.1. The zero-order valence-electron chi connectivity index (χ0n) is 15.9. The van der Waals surface area contributed by atoms with Gasteiger partial charge in [0.05, 0.1) is 11.0 Å². The molecule has 2 aromatic rings. The minimum absolute atomic E-state index is 0.0127. The Bertz CT molecular complexity index is 983. The molecule has 1 aliphatic heterocycles. The SMILES string of the molecule is CC(=O)N1CCc2cc(NS(=O)(=O)c3ccc(OC(C)C)c(C)c3)ccc21. The zero-order chi connectivity index (χ0) is 19.8. The van der Waals surface area contributed by atoms with Crippen LogP contribution in [0.1, 0.15) is 31.9 Å². The number of nitrogens with zero attached hydrogens (tertiary/aromatic N) is 1. The lowest BCUT2D eigenvalue weighted by Gasteiger charge is -2.16. The van der Waals surface area contributed by atoms with Crippen molar-refractivity contribution in [3.8, 4) is 5.75 Å². The molecule has 1 amide bonds. The van der Waals surface area contributed by atoms with Crippen LogP contribution in [0.2, 0.25) is 0 Å². The number of hydrogen-bond acceptors (Lipinski definition) is 4. The van der Waals surface area contributed by atoms with E-state index in [-0.39, 0.29) is 16.9 Å². The highest BCUT2D eigenvalue weighted by Gasteiger charge is 2.23. The van der Waals surface area contributed by atoms with Crippen LogP contribution in [0.4, 0.5) is 11.4 Å². The number of nitrogens with one attached hydrogen (secondary N) is 1. The second kappa shape index (κ2) is 7.23. The summed E-state index contributed by atoms with van der Waals surface area (Å²) in [6.45, 7) is 7.82. The van der Waals surface area contributed by atoms with Crippen molar-refractivity contribution in [3.63, 3.8) is 0 Å². The van der Waals surface area contributed by atoms with Crippen molar-refractivity contribution in [1.82, 2.24) is 0 Å². The first kappa shape index (κ1) is 19.2. The Kier molecular flexibility index (Phi) is 5.15. The maximum Gasteiger partial charge on any atom is 0.261 e. The average molecular weight is 388 g/mol. The number of hydrogen-bond donors (Lipinski definition) is 1. The fourth-order valence-corrected chi connectivity index (χ4v) is 4.32. The first-order valence-electron chi connectivity index (χ1n) is 8.88. The van der Waals surface area contributed by atoms with Gasteiger partial charge in [-0.05, 0) is 74.7 Å². The number of amides is 1. The second-order valence-electron chi connectivity index (χ2n) is 6.96. The van der Waals surface area contributed by atoms with E-state index >= 15 is 0 Å². The van der Waals surface area contributed by atoms with Gasteiger partial charge in [-0.1, -0.05) is 0 Å². The van der Waals surface area contributed by atoms with E-state index in [1.54, 1.807) is 35.2 Å². The molecule has 0 saturated heterocycles. The second-order valence-corrected chi connectivity index (χ2v) is 8.65. The predicted octanol–water partition coefficient (Wildman–Crippen LogP) is 3.49. The number of carbonyl (C=O) groups is 1. The van der Waals surface area contributed by atoms with Crippen LogP contribution in [0.15, 0.2) is 41.3 Å². The summed E-state index contributed by atoms with van der Waals surface area (Å²) in [5.41, 5.74) is 3.05. The summed E-state index contributed by atoms with van der Waals surface area (Å²) in [5, 5.41) is 0. The van der Waals surface area contributed by atoms with E-state index in [1.165, 1.54) is 13.0 Å². The standard InChI is InChI=1S/C20H24N2O4S/c1-13(2)26-20-8-6-18(11-14(20)3)27(24,25)21-17-5-7-19-16(12-17)9-10-22(19)15(4)23/h5-8,11-13,21H,9-10H2,1-4H3. The van der Waals surface area contributed by atoms with Gasteiger partial charge in [0.15, 0.2) is 0 Å². The maximum absolute atomic E-state index is 12.7. The number of carbonyl (C=O) groups excluding carboxylic acids is 1. The van der Waals surface area contributed by atoms with Crippen LogP contribution >= 0.6 is 0 Å². The van der Waals surface area contributed by atoms with E-state index in [9.17, 15) is 13.2 Å². The Morgan fingerprint density at radius 1 is 1.19 bits per heavy atom. The third kappa shape index (κ3) is 4.08. The van der Waals surface area contributed by atoms with Crippen LogP contribution in [-0.4, -0.2) is 27.0 Å². The molecule has 1 aliphatic rings. The fraction of sp³-hybridized carbons (Fsp3) is 0.350. The molecular formula is C20H24N2O4S. The highest BCUT2D eigenvalue weighted by Crippen LogP contribution is 2.31. The zero-order valence-corrected chi connectivity index (χ0v) is 16.8. The van der Waals surface area contributed by atoms with Gasteiger partial charge < -0.3 is 9.64 Å². The van der Waals surface area contributed by atoms with Gasteiger partial charge in [0, 0.05) is 24.8 Å². The van der Waals surface area contributed by atoms with Crippen molar-refractivity contribution in [1.29, 1.82) is 0 Å². The molecule has 1 N–H and O–H groups in total.